The first-order valence-corrected chi connectivity index (χ1v) is 6.22. The Morgan fingerprint density at radius 3 is 2.72 bits per heavy atom. The van der Waals surface area contributed by atoms with Crippen LogP contribution in [-0.4, -0.2) is 24.0 Å². The number of carbonyl (C=O) groups is 1. The number of benzene rings is 1. The monoisotopic (exact) mass is 285 g/mol. The predicted octanol–water partition coefficient (Wildman–Crippen LogP) is 3.76. The van der Waals surface area contributed by atoms with Crippen molar-refractivity contribution < 1.29 is 4.79 Å². The van der Waals surface area contributed by atoms with Crippen LogP contribution in [0.15, 0.2) is 18.2 Å². The summed E-state index contributed by atoms with van der Waals surface area (Å²) in [5.41, 5.74) is 0.549. The highest BCUT2D eigenvalue weighted by Gasteiger charge is 2.12. The zero-order chi connectivity index (χ0) is 13.5. The number of urea groups is 1. The van der Waals surface area contributed by atoms with Gasteiger partial charge in [0.1, 0.15) is 6.54 Å². The molecule has 0 atom stereocenters. The van der Waals surface area contributed by atoms with Gasteiger partial charge >= 0.3 is 6.03 Å². The maximum absolute atomic E-state index is 11.9. The topological polar surface area (TPSA) is 56.1 Å². The molecule has 0 bridgehead atoms. The quantitative estimate of drug-likeness (QED) is 0.857. The molecule has 6 heteroatoms. The second-order valence-electron chi connectivity index (χ2n) is 3.64. The Labute approximate surface area is 116 Å². The van der Waals surface area contributed by atoms with Crippen LogP contribution >= 0.6 is 23.2 Å². The summed E-state index contributed by atoms with van der Waals surface area (Å²) in [5.74, 6) is 0. The summed E-state index contributed by atoms with van der Waals surface area (Å²) in [5, 5.41) is 12.1. The van der Waals surface area contributed by atoms with E-state index in [9.17, 15) is 4.79 Å². The van der Waals surface area contributed by atoms with E-state index in [-0.39, 0.29) is 12.6 Å². The van der Waals surface area contributed by atoms with Gasteiger partial charge in [0.2, 0.25) is 0 Å². The highest BCUT2D eigenvalue weighted by molar-refractivity contribution is 6.42. The van der Waals surface area contributed by atoms with E-state index in [4.69, 9.17) is 28.5 Å². The number of nitrogens with one attached hydrogen (secondary N) is 1. The van der Waals surface area contributed by atoms with E-state index in [1.54, 1.807) is 18.2 Å². The summed E-state index contributed by atoms with van der Waals surface area (Å²) in [7, 11) is 0. The number of halogens is 2. The molecule has 1 aromatic carbocycles. The lowest BCUT2D eigenvalue weighted by atomic mass is 10.3. The van der Waals surface area contributed by atoms with Gasteiger partial charge in [-0.15, -0.1) is 0 Å². The molecule has 0 radical (unpaired) electrons. The summed E-state index contributed by atoms with van der Waals surface area (Å²) >= 11 is 11.6. The summed E-state index contributed by atoms with van der Waals surface area (Å²) < 4.78 is 0. The summed E-state index contributed by atoms with van der Waals surface area (Å²) in [6.45, 7) is 2.53. The molecular weight excluding hydrogens is 273 g/mol. The zero-order valence-corrected chi connectivity index (χ0v) is 11.4. The van der Waals surface area contributed by atoms with Gasteiger partial charge in [0.15, 0.2) is 0 Å². The Balaban J connectivity index is 2.73. The fraction of sp³-hybridized carbons (Fsp3) is 0.333. The van der Waals surface area contributed by atoms with E-state index in [1.165, 1.54) is 4.90 Å². The maximum atomic E-state index is 11.9. The average molecular weight is 286 g/mol. The van der Waals surface area contributed by atoms with E-state index in [1.807, 2.05) is 13.0 Å². The third-order valence-corrected chi connectivity index (χ3v) is 2.95. The zero-order valence-electron chi connectivity index (χ0n) is 9.91. The Bertz CT molecular complexity index is 471. The van der Waals surface area contributed by atoms with Gasteiger partial charge < -0.3 is 10.2 Å². The van der Waals surface area contributed by atoms with Crippen molar-refractivity contribution in [1.82, 2.24) is 4.90 Å². The van der Waals surface area contributed by atoms with Crippen molar-refractivity contribution in [2.75, 3.05) is 18.4 Å². The van der Waals surface area contributed by atoms with E-state index in [0.717, 1.165) is 6.42 Å². The number of rotatable bonds is 4. The minimum absolute atomic E-state index is 0.0565. The molecule has 0 aromatic heterocycles. The molecule has 2 amide bonds. The third kappa shape index (κ3) is 4.10. The third-order valence-electron chi connectivity index (χ3n) is 2.21. The van der Waals surface area contributed by atoms with Crippen molar-refractivity contribution in [3.8, 4) is 6.07 Å². The van der Waals surface area contributed by atoms with E-state index in [2.05, 4.69) is 5.32 Å². The van der Waals surface area contributed by atoms with Crippen molar-refractivity contribution in [3.63, 3.8) is 0 Å². The number of nitriles is 1. The van der Waals surface area contributed by atoms with Crippen molar-refractivity contribution in [2.24, 2.45) is 0 Å². The van der Waals surface area contributed by atoms with E-state index >= 15 is 0 Å². The van der Waals surface area contributed by atoms with Gasteiger partial charge in [-0.1, -0.05) is 30.1 Å². The van der Waals surface area contributed by atoms with Crippen molar-refractivity contribution in [3.05, 3.63) is 28.2 Å². The number of amides is 2. The molecule has 0 aliphatic heterocycles. The highest BCUT2D eigenvalue weighted by atomic mass is 35.5. The molecule has 0 spiro atoms. The normalized spacial score (nSPS) is 9.67. The molecule has 0 saturated heterocycles. The van der Waals surface area contributed by atoms with Crippen LogP contribution < -0.4 is 5.32 Å². The molecule has 0 aliphatic rings. The molecule has 0 saturated carbocycles. The standard InChI is InChI=1S/C12H13Cl2N3O/c1-2-6-17(7-5-15)12(18)16-9-3-4-10(13)11(14)8-9/h3-4,8H,2,6-7H2,1H3,(H,16,18). The second kappa shape index (κ2) is 7.10. The van der Waals surface area contributed by atoms with Gasteiger partial charge in [-0.2, -0.15) is 5.26 Å². The molecule has 1 aromatic rings. The minimum atomic E-state index is -0.322. The maximum Gasteiger partial charge on any atom is 0.322 e. The van der Waals surface area contributed by atoms with Gasteiger partial charge in [0.05, 0.1) is 16.1 Å². The van der Waals surface area contributed by atoms with Crippen molar-refractivity contribution in [2.45, 2.75) is 13.3 Å². The lowest BCUT2D eigenvalue weighted by molar-refractivity contribution is 0.218. The first kappa shape index (κ1) is 14.6. The molecule has 0 unspecified atom stereocenters. The molecule has 0 fully saturated rings. The van der Waals surface area contributed by atoms with E-state index in [0.29, 0.717) is 22.3 Å². The van der Waals surface area contributed by atoms with Crippen molar-refractivity contribution >= 4 is 34.9 Å². The number of anilines is 1. The van der Waals surface area contributed by atoms with Crippen LogP contribution in [0.4, 0.5) is 10.5 Å². The van der Waals surface area contributed by atoms with Gasteiger partial charge in [0, 0.05) is 12.2 Å². The Morgan fingerprint density at radius 2 is 2.17 bits per heavy atom. The van der Waals surface area contributed by atoms with Crippen molar-refractivity contribution in [1.29, 1.82) is 5.26 Å². The summed E-state index contributed by atoms with van der Waals surface area (Å²) in [6.07, 6.45) is 0.788. The first-order chi connectivity index (χ1) is 8.58. The van der Waals surface area contributed by atoms with Crippen LogP contribution in [-0.2, 0) is 0 Å². The van der Waals surface area contributed by atoms with Gasteiger partial charge in [0.25, 0.3) is 0 Å². The number of hydrogen-bond acceptors (Lipinski definition) is 2. The molecule has 96 valence electrons. The van der Waals surface area contributed by atoms with Crippen LogP contribution in [0.25, 0.3) is 0 Å². The Kier molecular flexibility index (Phi) is 5.76. The second-order valence-corrected chi connectivity index (χ2v) is 4.45. The van der Waals surface area contributed by atoms with Gasteiger partial charge in [-0.25, -0.2) is 4.79 Å². The smallest absolute Gasteiger partial charge is 0.311 e. The van der Waals surface area contributed by atoms with Gasteiger partial charge in [-0.3, -0.25) is 0 Å². The molecular formula is C12H13Cl2N3O. The molecule has 4 nitrogen and oxygen atoms in total. The Hall–Kier alpha value is -1.44. The van der Waals surface area contributed by atoms with Crippen LogP contribution in [0.5, 0.6) is 0 Å². The van der Waals surface area contributed by atoms with Crippen LogP contribution in [0.3, 0.4) is 0 Å². The lowest BCUT2D eigenvalue weighted by Crippen LogP contribution is -2.35. The van der Waals surface area contributed by atoms with Gasteiger partial charge in [-0.05, 0) is 24.6 Å². The van der Waals surface area contributed by atoms with Crippen LogP contribution in [0, 0.1) is 11.3 Å². The molecule has 18 heavy (non-hydrogen) atoms. The number of nitrogens with zero attached hydrogens (tertiary/aromatic N) is 2. The average Bonchev–Trinajstić information content (AvgIpc) is 2.33. The molecule has 1 rings (SSSR count). The van der Waals surface area contributed by atoms with Crippen LogP contribution in [0.2, 0.25) is 10.0 Å². The highest BCUT2D eigenvalue weighted by Crippen LogP contribution is 2.25. The number of carbonyl (C=O) groups excluding carboxylic acids is 1. The minimum Gasteiger partial charge on any atom is -0.311 e. The lowest BCUT2D eigenvalue weighted by Gasteiger charge is -2.19. The summed E-state index contributed by atoms with van der Waals surface area (Å²) in [4.78, 5) is 13.3. The SMILES string of the molecule is CCCN(CC#N)C(=O)Nc1ccc(Cl)c(Cl)c1. The largest absolute Gasteiger partial charge is 0.322 e. The molecule has 0 heterocycles. The fourth-order valence-corrected chi connectivity index (χ4v) is 1.68. The van der Waals surface area contributed by atoms with Crippen LogP contribution in [0.1, 0.15) is 13.3 Å². The molecule has 0 aliphatic carbocycles. The number of hydrogen-bond donors (Lipinski definition) is 1. The Morgan fingerprint density at radius 1 is 1.44 bits per heavy atom. The predicted molar refractivity (Wildman–Crippen MR) is 73.0 cm³/mol. The first-order valence-electron chi connectivity index (χ1n) is 5.46. The molecule has 1 N–H and O–H groups in total. The fourth-order valence-electron chi connectivity index (χ4n) is 1.38. The van der Waals surface area contributed by atoms with E-state index < -0.39 is 0 Å². The summed E-state index contributed by atoms with van der Waals surface area (Å²) in [6, 6.07) is 6.46.